The Morgan fingerprint density at radius 3 is 2.64 bits per heavy atom. The van der Waals surface area contributed by atoms with Gasteiger partial charge in [0.1, 0.15) is 18.0 Å². The highest BCUT2D eigenvalue weighted by molar-refractivity contribution is 5.93. The lowest BCUT2D eigenvalue weighted by Gasteiger charge is -2.18. The van der Waals surface area contributed by atoms with E-state index < -0.39 is 29.3 Å². The molecule has 1 N–H and O–H groups in total. The first-order valence-corrected chi connectivity index (χ1v) is 10.1. The molecule has 1 aromatic heterocycles. The highest BCUT2D eigenvalue weighted by Crippen LogP contribution is 2.41. The van der Waals surface area contributed by atoms with Gasteiger partial charge in [0, 0.05) is 12.0 Å². The third kappa shape index (κ3) is 4.76. The third-order valence-corrected chi connectivity index (χ3v) is 4.93. The van der Waals surface area contributed by atoms with Crippen LogP contribution in [-0.2, 0) is 12.6 Å². The summed E-state index contributed by atoms with van der Waals surface area (Å²) in [4.78, 5) is 12.4. The number of hydrogen-bond donors (Lipinski definition) is 1. The maximum absolute atomic E-state index is 13.7. The van der Waals surface area contributed by atoms with E-state index in [4.69, 9.17) is 9.47 Å². The summed E-state index contributed by atoms with van der Waals surface area (Å²) in [5.41, 5.74) is -1.70. The van der Waals surface area contributed by atoms with Gasteiger partial charge in [0.2, 0.25) is 0 Å². The monoisotopic (exact) mass is 464 g/mol. The van der Waals surface area contributed by atoms with Crippen LogP contribution in [0.3, 0.4) is 0 Å². The molecule has 174 valence electrons. The average Bonchev–Trinajstić information content (AvgIpc) is 3.32. The molecule has 2 heterocycles. The molecule has 0 spiro atoms. The van der Waals surface area contributed by atoms with Gasteiger partial charge in [-0.15, -0.1) is 5.10 Å². The van der Waals surface area contributed by atoms with Gasteiger partial charge in [0.15, 0.2) is 22.9 Å². The van der Waals surface area contributed by atoms with Gasteiger partial charge in [-0.05, 0) is 44.2 Å². The number of carbonyl (C=O) groups excluding carboxylic acids is 1. The second kappa shape index (κ2) is 8.38. The topological polar surface area (TPSA) is 78.3 Å². The van der Waals surface area contributed by atoms with Gasteiger partial charge >= 0.3 is 6.18 Å². The summed E-state index contributed by atoms with van der Waals surface area (Å²) in [6.45, 7) is 3.83. The molecule has 0 saturated carbocycles. The minimum atomic E-state index is -4.92. The Kier molecular flexibility index (Phi) is 5.73. The van der Waals surface area contributed by atoms with Crippen LogP contribution in [0.2, 0.25) is 0 Å². The summed E-state index contributed by atoms with van der Waals surface area (Å²) in [6, 6.07) is 9.66. The number of ether oxygens (including phenoxy) is 2. The fraction of sp³-hybridized carbons (Fsp3) is 0.318. The lowest BCUT2D eigenvalue weighted by atomic mass is 10.0. The quantitative estimate of drug-likeness (QED) is 0.442. The lowest BCUT2D eigenvalue weighted by molar-refractivity contribution is -0.143. The Labute approximate surface area is 186 Å². The van der Waals surface area contributed by atoms with Gasteiger partial charge in [-0.25, -0.2) is 9.07 Å². The van der Waals surface area contributed by atoms with E-state index in [-0.39, 0.29) is 24.4 Å². The van der Waals surface area contributed by atoms with Crippen LogP contribution in [0.1, 0.15) is 35.6 Å². The van der Waals surface area contributed by atoms with E-state index in [0.29, 0.717) is 16.2 Å². The first-order valence-electron chi connectivity index (χ1n) is 10.1. The van der Waals surface area contributed by atoms with Crippen molar-refractivity contribution in [2.45, 2.75) is 32.0 Å². The number of hydrogen-bond acceptors (Lipinski definition) is 5. The van der Waals surface area contributed by atoms with E-state index in [1.54, 1.807) is 6.07 Å². The summed E-state index contributed by atoms with van der Waals surface area (Å²) in [5.74, 6) is -0.570. The highest BCUT2D eigenvalue weighted by Gasteiger charge is 2.42. The van der Waals surface area contributed by atoms with Gasteiger partial charge in [-0.3, -0.25) is 4.79 Å². The zero-order valence-electron chi connectivity index (χ0n) is 17.7. The maximum Gasteiger partial charge on any atom is 0.435 e. The van der Waals surface area contributed by atoms with Gasteiger partial charge in [0.25, 0.3) is 5.91 Å². The molecular formula is C22H20F4N4O3. The van der Waals surface area contributed by atoms with Crippen LogP contribution in [0, 0.1) is 5.82 Å². The number of halogens is 4. The van der Waals surface area contributed by atoms with E-state index >= 15 is 0 Å². The van der Waals surface area contributed by atoms with Crippen LogP contribution >= 0.6 is 0 Å². The van der Waals surface area contributed by atoms with Crippen molar-refractivity contribution in [3.05, 3.63) is 65.2 Å². The molecular weight excluding hydrogens is 444 g/mol. The van der Waals surface area contributed by atoms with Gasteiger partial charge in [-0.1, -0.05) is 17.3 Å². The first kappa shape index (κ1) is 22.6. The zero-order valence-corrected chi connectivity index (χ0v) is 17.7. The largest absolute Gasteiger partial charge is 0.488 e. The Bertz CT molecular complexity index is 1170. The van der Waals surface area contributed by atoms with Gasteiger partial charge < -0.3 is 14.8 Å². The number of carbonyl (C=O) groups is 1. The molecule has 7 nitrogen and oxygen atoms in total. The van der Waals surface area contributed by atoms with Crippen molar-refractivity contribution in [2.24, 2.45) is 0 Å². The van der Waals surface area contributed by atoms with E-state index in [1.165, 1.54) is 0 Å². The van der Waals surface area contributed by atoms with Crippen molar-refractivity contribution in [2.75, 3.05) is 13.2 Å². The van der Waals surface area contributed by atoms with E-state index in [9.17, 15) is 22.4 Å². The van der Waals surface area contributed by atoms with Crippen LogP contribution in [-0.4, -0.2) is 39.7 Å². The van der Waals surface area contributed by atoms with Crippen molar-refractivity contribution in [1.82, 2.24) is 20.3 Å². The normalized spacial score (nSPS) is 14.5. The molecule has 33 heavy (non-hydrogen) atoms. The fourth-order valence-corrected chi connectivity index (χ4v) is 3.56. The molecule has 0 atom stereocenters. The van der Waals surface area contributed by atoms with Crippen LogP contribution in [0.4, 0.5) is 17.6 Å². The first-order chi connectivity index (χ1) is 15.5. The third-order valence-electron chi connectivity index (χ3n) is 4.93. The summed E-state index contributed by atoms with van der Waals surface area (Å²) in [7, 11) is 0. The summed E-state index contributed by atoms with van der Waals surface area (Å²) in [6.07, 6.45) is -4.20. The minimum absolute atomic E-state index is 0.000563. The number of nitrogens with one attached hydrogen (secondary N) is 1. The standard InChI is InChI=1S/C22H20F4N4O3/c1-21(2)12-13-4-3-5-16(18(13)33-21)32-11-10-27-20(31)17-19(22(24,25)26)30(29-28-17)15-8-6-14(23)7-9-15/h3-9H,10-12H2,1-2H3,(H,27,31). The molecule has 0 bridgehead atoms. The number of rotatable bonds is 6. The molecule has 0 saturated heterocycles. The Morgan fingerprint density at radius 2 is 1.94 bits per heavy atom. The second-order valence-electron chi connectivity index (χ2n) is 8.06. The Balaban J connectivity index is 1.44. The molecule has 1 aliphatic heterocycles. The molecule has 4 rings (SSSR count). The molecule has 3 aromatic rings. The molecule has 0 aliphatic carbocycles. The highest BCUT2D eigenvalue weighted by atomic mass is 19.4. The van der Waals surface area contributed by atoms with Crippen molar-refractivity contribution in [3.8, 4) is 17.2 Å². The molecule has 11 heteroatoms. The number of para-hydroxylation sites is 1. The number of alkyl halides is 3. The number of aromatic nitrogens is 3. The summed E-state index contributed by atoms with van der Waals surface area (Å²) in [5, 5.41) is 9.21. The van der Waals surface area contributed by atoms with Gasteiger partial charge in [-0.2, -0.15) is 13.2 Å². The molecule has 0 unspecified atom stereocenters. The molecule has 1 aliphatic rings. The van der Waals surface area contributed by atoms with E-state index in [2.05, 4.69) is 15.6 Å². The Hall–Kier alpha value is -3.63. The van der Waals surface area contributed by atoms with Crippen molar-refractivity contribution < 1.29 is 31.8 Å². The molecule has 1 amide bonds. The summed E-state index contributed by atoms with van der Waals surface area (Å²) < 4.78 is 66.2. The average molecular weight is 464 g/mol. The maximum atomic E-state index is 13.7. The van der Waals surface area contributed by atoms with Gasteiger partial charge in [0.05, 0.1) is 12.2 Å². The Morgan fingerprint density at radius 1 is 1.21 bits per heavy atom. The number of benzene rings is 2. The summed E-state index contributed by atoms with van der Waals surface area (Å²) >= 11 is 0. The van der Waals surface area contributed by atoms with Crippen LogP contribution in [0.15, 0.2) is 42.5 Å². The molecule has 0 radical (unpaired) electrons. The van der Waals surface area contributed by atoms with Crippen molar-refractivity contribution >= 4 is 5.91 Å². The van der Waals surface area contributed by atoms with Crippen molar-refractivity contribution in [1.29, 1.82) is 0 Å². The number of amides is 1. The SMILES string of the molecule is CC1(C)Cc2cccc(OCCNC(=O)c3nnn(-c4ccc(F)cc4)c3C(F)(F)F)c2O1. The number of fused-ring (bicyclic) bond motifs is 1. The fourth-order valence-electron chi connectivity index (χ4n) is 3.56. The second-order valence-corrected chi connectivity index (χ2v) is 8.06. The van der Waals surface area contributed by atoms with E-state index in [1.807, 2.05) is 26.0 Å². The molecule has 0 fully saturated rings. The van der Waals surface area contributed by atoms with Crippen LogP contribution in [0.25, 0.3) is 5.69 Å². The lowest BCUT2D eigenvalue weighted by Crippen LogP contribution is -2.30. The van der Waals surface area contributed by atoms with Crippen LogP contribution in [0.5, 0.6) is 11.5 Å². The predicted octanol–water partition coefficient (Wildman–Crippen LogP) is 3.95. The minimum Gasteiger partial charge on any atom is -0.488 e. The molecule has 2 aromatic carbocycles. The van der Waals surface area contributed by atoms with Crippen molar-refractivity contribution in [3.63, 3.8) is 0 Å². The van der Waals surface area contributed by atoms with Crippen LogP contribution < -0.4 is 14.8 Å². The zero-order chi connectivity index (χ0) is 23.8. The van der Waals surface area contributed by atoms with E-state index in [0.717, 1.165) is 36.2 Å². The smallest absolute Gasteiger partial charge is 0.435 e. The predicted molar refractivity (Wildman–Crippen MR) is 109 cm³/mol. The number of nitrogens with zero attached hydrogens (tertiary/aromatic N) is 3.